The number of halogens is 1. The number of rotatable bonds is 5. The number of piperidine rings is 1. The first-order valence-corrected chi connectivity index (χ1v) is 7.84. The lowest BCUT2D eigenvalue weighted by Crippen LogP contribution is -2.45. The van der Waals surface area contributed by atoms with Crippen LogP contribution in [0, 0.1) is 11.8 Å². The SMILES string of the molecule is CC(CCl)CS(=O)(=O)N1CCCC(C(N)=O)C1. The lowest BCUT2D eigenvalue weighted by molar-refractivity contribution is -0.122. The van der Waals surface area contributed by atoms with Crippen molar-refractivity contribution in [1.29, 1.82) is 0 Å². The number of carbonyl (C=O) groups is 1. The molecule has 1 aliphatic heterocycles. The predicted octanol–water partition coefficient (Wildman–Crippen LogP) is 0.388. The van der Waals surface area contributed by atoms with E-state index in [0.717, 1.165) is 0 Å². The van der Waals surface area contributed by atoms with Gasteiger partial charge in [0.25, 0.3) is 0 Å². The van der Waals surface area contributed by atoms with Crippen molar-refractivity contribution >= 4 is 27.5 Å². The lowest BCUT2D eigenvalue weighted by atomic mass is 9.99. The van der Waals surface area contributed by atoms with E-state index in [1.54, 1.807) is 6.92 Å². The van der Waals surface area contributed by atoms with Crippen molar-refractivity contribution in [3.05, 3.63) is 0 Å². The van der Waals surface area contributed by atoms with Crippen molar-refractivity contribution < 1.29 is 13.2 Å². The number of carbonyl (C=O) groups excluding carboxylic acids is 1. The summed E-state index contributed by atoms with van der Waals surface area (Å²) < 4.78 is 25.4. The normalized spacial score (nSPS) is 24.5. The second kappa shape index (κ2) is 6.02. The summed E-state index contributed by atoms with van der Waals surface area (Å²) in [6.07, 6.45) is 1.36. The van der Waals surface area contributed by atoms with E-state index in [4.69, 9.17) is 17.3 Å². The Kier molecular flexibility index (Phi) is 5.22. The van der Waals surface area contributed by atoms with Gasteiger partial charge in [0.05, 0.1) is 11.7 Å². The van der Waals surface area contributed by atoms with E-state index in [-0.39, 0.29) is 24.1 Å². The Balaban J connectivity index is 2.68. The number of nitrogens with zero attached hydrogens (tertiary/aromatic N) is 1. The molecule has 0 aromatic rings. The summed E-state index contributed by atoms with van der Waals surface area (Å²) in [5.41, 5.74) is 5.22. The fraction of sp³-hybridized carbons (Fsp3) is 0.900. The van der Waals surface area contributed by atoms with Crippen LogP contribution in [0.25, 0.3) is 0 Å². The van der Waals surface area contributed by atoms with Gasteiger partial charge in [0.2, 0.25) is 15.9 Å². The standard InChI is InChI=1S/C10H19ClN2O3S/c1-8(5-11)7-17(15,16)13-4-2-3-9(6-13)10(12)14/h8-9H,2-7H2,1H3,(H2,12,14). The summed E-state index contributed by atoms with van der Waals surface area (Å²) in [5, 5.41) is 0. The topological polar surface area (TPSA) is 80.5 Å². The molecule has 0 aromatic carbocycles. The molecule has 0 aromatic heterocycles. The Labute approximate surface area is 107 Å². The van der Waals surface area contributed by atoms with Crippen molar-refractivity contribution in [2.24, 2.45) is 17.6 Å². The van der Waals surface area contributed by atoms with E-state index < -0.39 is 15.9 Å². The minimum Gasteiger partial charge on any atom is -0.369 e. The van der Waals surface area contributed by atoms with Crippen molar-refractivity contribution in [1.82, 2.24) is 4.31 Å². The molecule has 0 spiro atoms. The lowest BCUT2D eigenvalue weighted by Gasteiger charge is -2.30. The van der Waals surface area contributed by atoms with E-state index in [1.807, 2.05) is 0 Å². The maximum absolute atomic E-state index is 12.0. The maximum Gasteiger partial charge on any atom is 0.221 e. The highest BCUT2D eigenvalue weighted by atomic mass is 35.5. The average Bonchev–Trinajstić information content (AvgIpc) is 2.28. The molecule has 1 saturated heterocycles. The van der Waals surface area contributed by atoms with Gasteiger partial charge in [0, 0.05) is 19.0 Å². The van der Waals surface area contributed by atoms with Gasteiger partial charge in [0.15, 0.2) is 0 Å². The van der Waals surface area contributed by atoms with Crippen LogP contribution in [0.15, 0.2) is 0 Å². The summed E-state index contributed by atoms with van der Waals surface area (Å²) in [4.78, 5) is 11.1. The van der Waals surface area contributed by atoms with Crippen LogP contribution in [0.2, 0.25) is 0 Å². The monoisotopic (exact) mass is 282 g/mol. The first-order valence-electron chi connectivity index (χ1n) is 5.70. The zero-order chi connectivity index (χ0) is 13.1. The van der Waals surface area contributed by atoms with Gasteiger partial charge in [0.1, 0.15) is 0 Å². The number of alkyl halides is 1. The molecule has 0 aliphatic carbocycles. The molecule has 0 saturated carbocycles. The van der Waals surface area contributed by atoms with Gasteiger partial charge in [-0.05, 0) is 18.8 Å². The van der Waals surface area contributed by atoms with E-state index in [0.29, 0.717) is 25.3 Å². The summed E-state index contributed by atoms with van der Waals surface area (Å²) in [7, 11) is -3.32. The first kappa shape index (κ1) is 14.7. The largest absolute Gasteiger partial charge is 0.369 e. The third-order valence-electron chi connectivity index (χ3n) is 2.94. The summed E-state index contributed by atoms with van der Waals surface area (Å²) in [6, 6.07) is 0. The summed E-state index contributed by atoms with van der Waals surface area (Å²) in [5.74, 6) is -0.523. The van der Waals surface area contributed by atoms with Crippen LogP contribution < -0.4 is 5.73 Å². The van der Waals surface area contributed by atoms with Crippen LogP contribution >= 0.6 is 11.6 Å². The van der Waals surface area contributed by atoms with Crippen LogP contribution in [-0.4, -0.2) is 43.4 Å². The highest BCUT2D eigenvalue weighted by Gasteiger charge is 2.31. The van der Waals surface area contributed by atoms with Gasteiger partial charge in [-0.3, -0.25) is 4.79 Å². The Morgan fingerprint density at radius 1 is 1.59 bits per heavy atom. The van der Waals surface area contributed by atoms with Crippen molar-refractivity contribution in [3.8, 4) is 0 Å². The fourth-order valence-electron chi connectivity index (χ4n) is 1.94. The van der Waals surface area contributed by atoms with Crippen molar-refractivity contribution in [2.45, 2.75) is 19.8 Å². The second-order valence-electron chi connectivity index (χ2n) is 4.64. The molecule has 7 heteroatoms. The molecular weight excluding hydrogens is 264 g/mol. The number of amides is 1. The van der Waals surface area contributed by atoms with Crippen LogP contribution in [0.4, 0.5) is 0 Å². The summed E-state index contributed by atoms with van der Waals surface area (Å²) >= 11 is 5.62. The minimum absolute atomic E-state index is 0.0297. The average molecular weight is 283 g/mol. The van der Waals surface area contributed by atoms with Crippen molar-refractivity contribution in [3.63, 3.8) is 0 Å². The number of nitrogens with two attached hydrogens (primary N) is 1. The Morgan fingerprint density at radius 3 is 2.76 bits per heavy atom. The van der Waals surface area contributed by atoms with Crippen molar-refractivity contribution in [2.75, 3.05) is 24.7 Å². The third-order valence-corrected chi connectivity index (χ3v) is 5.57. The van der Waals surface area contributed by atoms with Gasteiger partial charge in [-0.1, -0.05) is 6.92 Å². The Hall–Kier alpha value is -0.330. The molecule has 1 rings (SSSR count). The molecular formula is C10H19ClN2O3S. The predicted molar refractivity (Wildman–Crippen MR) is 67.2 cm³/mol. The minimum atomic E-state index is -3.32. The highest BCUT2D eigenvalue weighted by Crippen LogP contribution is 2.20. The van der Waals surface area contributed by atoms with Gasteiger partial charge >= 0.3 is 0 Å². The van der Waals surface area contributed by atoms with Gasteiger partial charge in [-0.2, -0.15) is 0 Å². The smallest absolute Gasteiger partial charge is 0.221 e. The number of primary amides is 1. The molecule has 1 aliphatic rings. The molecule has 2 unspecified atom stereocenters. The van der Waals surface area contributed by atoms with Gasteiger partial charge < -0.3 is 5.73 Å². The zero-order valence-corrected chi connectivity index (χ0v) is 11.5. The molecule has 100 valence electrons. The molecule has 5 nitrogen and oxygen atoms in total. The van der Waals surface area contributed by atoms with Gasteiger partial charge in [-0.25, -0.2) is 12.7 Å². The highest BCUT2D eigenvalue weighted by molar-refractivity contribution is 7.89. The fourth-order valence-corrected chi connectivity index (χ4v) is 4.04. The molecule has 0 bridgehead atoms. The molecule has 1 amide bonds. The molecule has 1 heterocycles. The number of sulfonamides is 1. The molecule has 2 atom stereocenters. The summed E-state index contributed by atoms with van der Waals surface area (Å²) in [6.45, 7) is 2.48. The molecule has 1 fully saturated rings. The maximum atomic E-state index is 12.0. The first-order chi connectivity index (χ1) is 7.86. The number of hydrogen-bond donors (Lipinski definition) is 1. The zero-order valence-electron chi connectivity index (χ0n) is 9.93. The van der Waals surface area contributed by atoms with E-state index in [1.165, 1.54) is 4.31 Å². The van der Waals surface area contributed by atoms with E-state index >= 15 is 0 Å². The number of hydrogen-bond acceptors (Lipinski definition) is 3. The molecule has 0 radical (unpaired) electrons. The van der Waals surface area contributed by atoms with Crippen LogP contribution in [0.3, 0.4) is 0 Å². The molecule has 17 heavy (non-hydrogen) atoms. The van der Waals surface area contributed by atoms with Gasteiger partial charge in [-0.15, -0.1) is 11.6 Å². The van der Waals surface area contributed by atoms with E-state index in [2.05, 4.69) is 0 Å². The van der Waals surface area contributed by atoms with Crippen LogP contribution in [-0.2, 0) is 14.8 Å². The second-order valence-corrected chi connectivity index (χ2v) is 6.96. The third kappa shape index (κ3) is 4.12. The van der Waals surface area contributed by atoms with E-state index in [9.17, 15) is 13.2 Å². The van der Waals surface area contributed by atoms with Crippen LogP contribution in [0.1, 0.15) is 19.8 Å². The Morgan fingerprint density at radius 2 is 2.24 bits per heavy atom. The van der Waals surface area contributed by atoms with Crippen LogP contribution in [0.5, 0.6) is 0 Å². The Bertz CT molecular complexity index is 372. The molecule has 2 N–H and O–H groups in total. The quantitative estimate of drug-likeness (QED) is 0.741.